The van der Waals surface area contributed by atoms with Gasteiger partial charge in [0.2, 0.25) is 0 Å². The van der Waals surface area contributed by atoms with Gasteiger partial charge in [-0.3, -0.25) is 34.4 Å². The van der Waals surface area contributed by atoms with Gasteiger partial charge in [0.15, 0.2) is 5.82 Å². The second-order valence-electron chi connectivity index (χ2n) is 13.0. The van der Waals surface area contributed by atoms with Crippen molar-refractivity contribution >= 4 is 85.0 Å². The number of carbonyl (C=O) groups excluding carboxylic acids is 1. The van der Waals surface area contributed by atoms with Crippen molar-refractivity contribution in [2.75, 3.05) is 44.7 Å². The number of hydrogen-bond acceptors (Lipinski definition) is 11. The number of nitro groups is 1. The molecule has 0 saturated carbocycles. The van der Waals surface area contributed by atoms with Gasteiger partial charge in [0.05, 0.1) is 32.4 Å². The number of likely N-dealkylation sites (N-methyl/N-ethyl adjacent to an activating group) is 1. The average Bonchev–Trinajstić information content (AvgIpc) is 3.76. The van der Waals surface area contributed by atoms with E-state index in [-0.39, 0.29) is 18.1 Å². The number of piperazine rings is 1. The normalized spacial score (nSPS) is 17.1. The van der Waals surface area contributed by atoms with E-state index < -0.39 is 4.92 Å². The predicted octanol–water partition coefficient (Wildman–Crippen LogP) is 7.34. The van der Waals surface area contributed by atoms with Crippen LogP contribution < -0.4 is 4.90 Å². The van der Waals surface area contributed by atoms with Gasteiger partial charge in [0, 0.05) is 76.8 Å². The molecule has 0 spiro atoms. The zero-order chi connectivity index (χ0) is 38.4. The lowest BCUT2D eigenvalue weighted by molar-refractivity contribution is -0.384. The summed E-state index contributed by atoms with van der Waals surface area (Å²) >= 11 is 18.0. The molecule has 55 heavy (non-hydrogen) atoms. The second-order valence-corrected chi connectivity index (χ2v) is 16.3. The smallest absolute Gasteiger partial charge is 0.284 e. The van der Waals surface area contributed by atoms with Gasteiger partial charge in [-0.2, -0.15) is 0 Å². The molecule has 1 amide bonds. The van der Waals surface area contributed by atoms with Gasteiger partial charge in [0.25, 0.3) is 11.6 Å². The van der Waals surface area contributed by atoms with Crippen molar-refractivity contribution < 1.29 is 9.72 Å². The van der Waals surface area contributed by atoms with Gasteiger partial charge in [-0.1, -0.05) is 59.6 Å². The number of halogens is 3. The number of rotatable bonds is 4. The summed E-state index contributed by atoms with van der Waals surface area (Å²) in [7, 11) is 2.07. The quantitative estimate of drug-likeness (QED) is 0.105. The standard InChI is InChI=1S/C23H21ClN6O3.C15H10BrClN4S/c1-27-8-10-28(11-9-27)14-19-23(31)29-20-7-6-15(30(32)33)12-17(20)22(25-13-21(29)26-19)16-4-2-3-5-18(16)24;1-8-19-20-13-7-18-14(9-4-2-3-5-11(9)17)10-6-12(16)22-15(10)21(8)13/h2-7,12,14H,8-11,13H2,1H3;2-6H,7H2,1H3/b19-14-;. The maximum atomic E-state index is 13.4. The number of amides is 1. The molecular weight excluding hydrogens is 827 g/mol. The molecule has 17 heteroatoms. The molecule has 5 aromatic rings. The van der Waals surface area contributed by atoms with E-state index in [9.17, 15) is 14.9 Å². The summed E-state index contributed by atoms with van der Waals surface area (Å²) in [6, 6.07) is 21.4. The topological polar surface area (TPSA) is 138 Å². The number of fused-ring (bicyclic) bond motifs is 6. The maximum Gasteiger partial charge on any atom is 0.284 e. The molecule has 0 atom stereocenters. The Morgan fingerprint density at radius 1 is 0.855 bits per heavy atom. The molecule has 0 aliphatic carbocycles. The summed E-state index contributed by atoms with van der Waals surface area (Å²) in [6.45, 7) is 6.04. The van der Waals surface area contributed by atoms with E-state index in [1.807, 2.05) is 43.3 Å². The van der Waals surface area contributed by atoms with Gasteiger partial charge in [-0.05, 0) is 54.2 Å². The van der Waals surface area contributed by atoms with Gasteiger partial charge < -0.3 is 9.80 Å². The van der Waals surface area contributed by atoms with Crippen LogP contribution in [0.25, 0.3) is 5.00 Å². The lowest BCUT2D eigenvalue weighted by Gasteiger charge is -2.31. The largest absolute Gasteiger partial charge is 0.373 e. The number of aryl methyl sites for hydroxylation is 1. The molecule has 0 N–H and O–H groups in total. The van der Waals surface area contributed by atoms with Crippen molar-refractivity contribution in [2.45, 2.75) is 13.5 Å². The number of aliphatic imine (C=N–C) groups is 3. The summed E-state index contributed by atoms with van der Waals surface area (Å²) in [5.41, 5.74) is 5.24. The molecule has 278 valence electrons. The number of carbonyl (C=O) groups is 1. The predicted molar refractivity (Wildman–Crippen MR) is 220 cm³/mol. The van der Waals surface area contributed by atoms with E-state index in [1.165, 1.54) is 17.0 Å². The Morgan fingerprint density at radius 3 is 2.18 bits per heavy atom. The minimum atomic E-state index is -0.463. The van der Waals surface area contributed by atoms with E-state index in [0.717, 1.165) is 63.5 Å². The molecule has 6 heterocycles. The van der Waals surface area contributed by atoms with Crippen LogP contribution in [0.2, 0.25) is 10.0 Å². The highest BCUT2D eigenvalue weighted by atomic mass is 79.9. The van der Waals surface area contributed by atoms with Crippen molar-refractivity contribution in [1.82, 2.24) is 24.6 Å². The van der Waals surface area contributed by atoms with E-state index in [4.69, 9.17) is 33.2 Å². The van der Waals surface area contributed by atoms with Crippen molar-refractivity contribution in [3.63, 3.8) is 0 Å². The van der Waals surface area contributed by atoms with Crippen molar-refractivity contribution in [3.8, 4) is 5.00 Å². The number of anilines is 1. The number of benzene rings is 3. The molecule has 1 fully saturated rings. The molecule has 0 bridgehead atoms. The van der Waals surface area contributed by atoms with Crippen LogP contribution in [0.1, 0.15) is 33.9 Å². The van der Waals surface area contributed by atoms with Crippen molar-refractivity contribution in [1.29, 1.82) is 0 Å². The Bertz CT molecular complexity index is 2500. The number of aromatic nitrogens is 3. The first kappa shape index (κ1) is 36.9. The first-order chi connectivity index (χ1) is 26.6. The van der Waals surface area contributed by atoms with Gasteiger partial charge in [-0.15, -0.1) is 21.5 Å². The number of amidine groups is 1. The van der Waals surface area contributed by atoms with Crippen LogP contribution in [-0.2, 0) is 11.3 Å². The minimum absolute atomic E-state index is 0.0891. The molecule has 0 radical (unpaired) electrons. The molecule has 13 nitrogen and oxygen atoms in total. The Morgan fingerprint density at radius 2 is 1.51 bits per heavy atom. The SMILES string of the molecule is CN1CCN(/C=C2\N=C3CN=C(c4ccccc4Cl)c4cc([N+](=O)[O-])ccc4N3C2=O)CC1.Cc1nnc2n1-c1sc(Br)cc1C(c1ccccc1Cl)=NC2. The molecule has 3 aromatic carbocycles. The third-order valence-electron chi connectivity index (χ3n) is 9.51. The van der Waals surface area contributed by atoms with E-state index in [0.29, 0.717) is 50.6 Å². The number of non-ortho nitro benzene ring substituents is 1. The fraction of sp³-hybridized carbons (Fsp3) is 0.211. The van der Waals surface area contributed by atoms with Gasteiger partial charge in [0.1, 0.15) is 28.9 Å². The number of thiophene rings is 1. The van der Waals surface area contributed by atoms with Crippen molar-refractivity contribution in [2.24, 2.45) is 15.0 Å². The monoisotopic (exact) mass is 856 g/mol. The third kappa shape index (κ3) is 7.13. The lowest BCUT2D eigenvalue weighted by atomic mass is 9.99. The molecule has 4 aliphatic heterocycles. The van der Waals surface area contributed by atoms with Crippen molar-refractivity contribution in [3.05, 3.63) is 143 Å². The highest BCUT2D eigenvalue weighted by molar-refractivity contribution is 9.11. The molecule has 1 saturated heterocycles. The number of nitro benzene ring substituents is 1. The highest BCUT2D eigenvalue weighted by Crippen LogP contribution is 2.37. The summed E-state index contributed by atoms with van der Waals surface area (Å²) in [6.07, 6.45) is 1.81. The first-order valence-corrected chi connectivity index (χ1v) is 19.6. The summed E-state index contributed by atoms with van der Waals surface area (Å²) in [5, 5.41) is 22.1. The van der Waals surface area contributed by atoms with Crippen LogP contribution in [0.15, 0.2) is 103 Å². The Balaban J connectivity index is 0.000000168. The van der Waals surface area contributed by atoms with Gasteiger partial charge in [-0.25, -0.2) is 4.99 Å². The van der Waals surface area contributed by atoms with E-state index >= 15 is 0 Å². The number of nitrogens with zero attached hydrogens (tertiary/aromatic N) is 10. The summed E-state index contributed by atoms with van der Waals surface area (Å²) in [4.78, 5) is 44.3. The molecular formula is C38H31BrCl2N10O3S. The zero-order valence-electron chi connectivity index (χ0n) is 29.5. The molecule has 9 rings (SSSR count). The average molecular weight is 859 g/mol. The van der Waals surface area contributed by atoms with Crippen LogP contribution in [0, 0.1) is 17.0 Å². The van der Waals surface area contributed by atoms with Crippen LogP contribution in [-0.4, -0.2) is 92.4 Å². The van der Waals surface area contributed by atoms with Gasteiger partial charge >= 0.3 is 0 Å². The molecule has 2 aromatic heterocycles. The zero-order valence-corrected chi connectivity index (χ0v) is 33.4. The Labute approximate surface area is 338 Å². The summed E-state index contributed by atoms with van der Waals surface area (Å²) < 4.78 is 3.11. The second kappa shape index (κ2) is 15.2. The Kier molecular flexibility index (Phi) is 10.2. The minimum Gasteiger partial charge on any atom is -0.373 e. The third-order valence-corrected chi connectivity index (χ3v) is 11.8. The van der Waals surface area contributed by atoms with E-state index in [2.05, 4.69) is 58.6 Å². The maximum absolute atomic E-state index is 13.4. The van der Waals surface area contributed by atoms with Crippen LogP contribution in [0.3, 0.4) is 0 Å². The highest BCUT2D eigenvalue weighted by Gasteiger charge is 2.37. The van der Waals surface area contributed by atoms with Crippen LogP contribution in [0.5, 0.6) is 0 Å². The van der Waals surface area contributed by atoms with E-state index in [1.54, 1.807) is 35.7 Å². The van der Waals surface area contributed by atoms with Crippen LogP contribution >= 0.6 is 50.5 Å². The fourth-order valence-corrected chi connectivity index (χ4v) is 8.85. The lowest BCUT2D eigenvalue weighted by Crippen LogP contribution is -2.42. The Hall–Kier alpha value is -5.06. The first-order valence-electron chi connectivity index (χ1n) is 17.2. The summed E-state index contributed by atoms with van der Waals surface area (Å²) in [5.74, 6) is 1.92. The van der Waals surface area contributed by atoms with Crippen LogP contribution in [0.4, 0.5) is 11.4 Å². The molecule has 0 unspecified atom stereocenters. The number of hydrogen-bond donors (Lipinski definition) is 0. The molecule has 4 aliphatic rings. The fourth-order valence-electron chi connectivity index (χ4n) is 6.75.